The van der Waals surface area contributed by atoms with Gasteiger partial charge in [0.05, 0.1) is 16.7 Å². The topological polar surface area (TPSA) is 124 Å². The van der Waals surface area contributed by atoms with Crippen LogP contribution in [-0.2, 0) is 30.5 Å². The Morgan fingerprint density at radius 1 is 0.463 bits per heavy atom. The molecular weight excluding hydrogens is 600 g/mol. The van der Waals surface area contributed by atoms with Gasteiger partial charge >= 0.3 is 51.4 Å². The van der Waals surface area contributed by atoms with E-state index < -0.39 is 51.4 Å². The van der Waals surface area contributed by atoms with Crippen molar-refractivity contribution < 1.29 is 44.9 Å². The van der Waals surface area contributed by atoms with E-state index in [4.69, 9.17) is 25.9 Å². The molecule has 0 saturated heterocycles. The summed E-state index contributed by atoms with van der Waals surface area (Å²) in [5.41, 5.74) is 0.809. The molecule has 218 valence electrons. The number of rotatable bonds is 12. The summed E-state index contributed by atoms with van der Waals surface area (Å²) in [7, 11) is -15.4. The minimum Gasteiger partial charge on any atom is -0.490 e. The Balaban J connectivity index is 1.85. The van der Waals surface area contributed by atoms with Crippen LogP contribution in [0.4, 0.5) is 0 Å². The number of carbonyl (C=O) groups excluding carboxylic acids is 3. The van der Waals surface area contributed by atoms with Crippen LogP contribution in [0.3, 0.4) is 0 Å². The zero-order valence-corrected chi connectivity index (χ0v) is 27.6. The summed E-state index contributed by atoms with van der Waals surface area (Å²) >= 11 is 0. The molecule has 0 spiro atoms. The number of benzene rings is 3. The molecule has 3 aromatic carbocycles. The van der Waals surface area contributed by atoms with Crippen LogP contribution < -0.4 is 0 Å². The van der Waals surface area contributed by atoms with Crippen molar-refractivity contribution in [2.24, 2.45) is 0 Å². The highest BCUT2D eigenvalue weighted by atomic mass is 31.2. The second kappa shape index (κ2) is 13.2. The van der Waals surface area contributed by atoms with Gasteiger partial charge in [0.25, 0.3) is 0 Å². The minimum absolute atomic E-state index is 0.270. The molecule has 3 rings (SSSR count). The van der Waals surface area contributed by atoms with Crippen LogP contribution in [0.2, 0.25) is 39.3 Å². The summed E-state index contributed by atoms with van der Waals surface area (Å²) < 4.78 is 48.7. The Bertz CT molecular complexity index is 1230. The predicted molar refractivity (Wildman–Crippen MR) is 159 cm³/mol. The second-order valence-corrected chi connectivity index (χ2v) is 22.3. The minimum atomic E-state index is -4.67. The molecule has 0 heterocycles. The lowest BCUT2D eigenvalue weighted by molar-refractivity contribution is 0.0674. The van der Waals surface area contributed by atoms with Crippen molar-refractivity contribution in [1.29, 1.82) is 0 Å². The molecule has 10 nitrogen and oxygen atoms in total. The Hall–Kier alpha value is -3.17. The summed E-state index contributed by atoms with van der Waals surface area (Å²) in [6.07, 6.45) is 0. The Labute approximate surface area is 242 Å². The fraction of sp³-hybridized carbons (Fsp3) is 0.222. The van der Waals surface area contributed by atoms with E-state index in [-0.39, 0.29) is 16.7 Å². The highest BCUT2D eigenvalue weighted by Gasteiger charge is 2.51. The number of hydrogen-bond acceptors (Lipinski definition) is 10. The average molecular weight is 633 g/mol. The Morgan fingerprint density at radius 2 is 0.683 bits per heavy atom. The smallest absolute Gasteiger partial charge is 0.452 e. The molecule has 0 N–H and O–H groups in total. The van der Waals surface area contributed by atoms with Gasteiger partial charge in [-0.25, -0.2) is 18.9 Å². The molecule has 0 saturated carbocycles. The van der Waals surface area contributed by atoms with Crippen molar-refractivity contribution in [3.8, 4) is 0 Å². The molecule has 0 unspecified atom stereocenters. The molecule has 0 radical (unpaired) electrons. The van der Waals surface area contributed by atoms with E-state index in [2.05, 4.69) is 0 Å². The zero-order chi connectivity index (χ0) is 30.3. The van der Waals surface area contributed by atoms with Gasteiger partial charge < -0.3 is 13.3 Å². The summed E-state index contributed by atoms with van der Waals surface area (Å²) in [6, 6.07) is 24.7. The Morgan fingerprint density at radius 3 is 0.902 bits per heavy atom. The number of hydrogen-bond donors (Lipinski definition) is 0. The summed E-state index contributed by atoms with van der Waals surface area (Å²) in [5.74, 6) is -2.06. The van der Waals surface area contributed by atoms with Gasteiger partial charge in [0.1, 0.15) is 0 Å². The van der Waals surface area contributed by atoms with E-state index in [0.717, 1.165) is 0 Å². The zero-order valence-electron chi connectivity index (χ0n) is 23.7. The second-order valence-electron chi connectivity index (χ2n) is 10.2. The van der Waals surface area contributed by atoms with E-state index in [1.54, 1.807) is 91.0 Å². The molecule has 3 aromatic rings. The third-order valence-corrected chi connectivity index (χ3v) is 15.0. The quantitative estimate of drug-likeness (QED) is 0.155. The SMILES string of the molecule is C[Si](C)(OC(=O)c1ccccc1)OP(=O)(O[Si](C)(C)OC(=O)c1ccccc1)O[Si](C)(C)OC(=O)c1ccccc1. The van der Waals surface area contributed by atoms with E-state index in [1.165, 1.54) is 39.3 Å². The maximum atomic E-state index is 14.3. The van der Waals surface area contributed by atoms with E-state index in [9.17, 15) is 18.9 Å². The normalized spacial score (nSPS) is 12.3. The fourth-order valence-electron chi connectivity index (χ4n) is 3.49. The predicted octanol–water partition coefficient (Wildman–Crippen LogP) is 6.82. The van der Waals surface area contributed by atoms with Gasteiger partial charge in [-0.05, 0) is 75.7 Å². The lowest BCUT2D eigenvalue weighted by Crippen LogP contribution is -2.44. The van der Waals surface area contributed by atoms with Crippen molar-refractivity contribution >= 4 is 51.4 Å². The maximum absolute atomic E-state index is 14.3. The van der Waals surface area contributed by atoms with Crippen LogP contribution >= 0.6 is 7.82 Å². The lowest BCUT2D eigenvalue weighted by atomic mass is 10.2. The van der Waals surface area contributed by atoms with Crippen LogP contribution in [0.5, 0.6) is 0 Å². The van der Waals surface area contributed by atoms with Crippen molar-refractivity contribution in [3.05, 3.63) is 108 Å². The molecule has 41 heavy (non-hydrogen) atoms. The number of phosphoric acid groups is 1. The van der Waals surface area contributed by atoms with Gasteiger partial charge in [-0.1, -0.05) is 54.6 Å². The first-order chi connectivity index (χ1) is 19.1. The molecule has 0 bridgehead atoms. The molecule has 0 aromatic heterocycles. The first-order valence-corrected chi connectivity index (χ1v) is 22.6. The van der Waals surface area contributed by atoms with E-state index in [0.29, 0.717) is 0 Å². The van der Waals surface area contributed by atoms with Gasteiger partial charge in [0, 0.05) is 0 Å². The fourth-order valence-corrected chi connectivity index (χ4v) is 13.5. The van der Waals surface area contributed by atoms with Crippen molar-refractivity contribution in [3.63, 3.8) is 0 Å². The third-order valence-electron chi connectivity index (χ3n) is 5.04. The highest BCUT2D eigenvalue weighted by Crippen LogP contribution is 2.56. The van der Waals surface area contributed by atoms with E-state index >= 15 is 0 Å². The monoisotopic (exact) mass is 632 g/mol. The van der Waals surface area contributed by atoms with Crippen LogP contribution in [0.25, 0.3) is 0 Å². The third kappa shape index (κ3) is 10.3. The first-order valence-electron chi connectivity index (χ1n) is 12.7. The summed E-state index contributed by atoms with van der Waals surface area (Å²) in [5, 5.41) is 0. The largest absolute Gasteiger partial charge is 0.490 e. The summed E-state index contributed by atoms with van der Waals surface area (Å²) in [6.45, 7) is 8.93. The molecule has 0 aliphatic rings. The molecule has 14 heteroatoms. The van der Waals surface area contributed by atoms with Crippen molar-refractivity contribution in [1.82, 2.24) is 0 Å². The molecule has 0 aliphatic heterocycles. The van der Waals surface area contributed by atoms with Crippen LogP contribution in [0.1, 0.15) is 31.1 Å². The molecule has 0 aliphatic carbocycles. The van der Waals surface area contributed by atoms with Gasteiger partial charge in [-0.2, -0.15) is 0 Å². The summed E-state index contributed by atoms with van der Waals surface area (Å²) in [4.78, 5) is 38.3. The highest BCUT2D eigenvalue weighted by molar-refractivity contribution is 7.53. The van der Waals surface area contributed by atoms with Gasteiger partial charge in [0.2, 0.25) is 0 Å². The molecular formula is C27H33O10PSi3. The van der Waals surface area contributed by atoms with Crippen LogP contribution in [0, 0.1) is 0 Å². The van der Waals surface area contributed by atoms with Gasteiger partial charge in [-0.3, -0.25) is 12.6 Å². The van der Waals surface area contributed by atoms with Crippen molar-refractivity contribution in [2.75, 3.05) is 0 Å². The van der Waals surface area contributed by atoms with Gasteiger partial charge in [0.15, 0.2) is 0 Å². The lowest BCUT2D eigenvalue weighted by Gasteiger charge is -2.34. The molecule has 0 amide bonds. The molecule has 0 atom stereocenters. The standard InChI is InChI=1S/C27H33O10PSi3/c1-39(2,32-25(28)22-16-10-7-11-17-22)35-38(31,36-40(3,4)33-26(29)23-18-12-8-13-19-23)37-41(5,6)34-27(30)24-20-14-9-15-21-24/h7-21H,1-6H3. The van der Waals surface area contributed by atoms with Gasteiger partial charge in [-0.15, -0.1) is 0 Å². The number of carbonyl (C=O) groups is 3. The Kier molecular flexibility index (Phi) is 10.4. The maximum Gasteiger partial charge on any atom is 0.452 e. The molecule has 0 fully saturated rings. The first kappa shape index (κ1) is 32.3. The van der Waals surface area contributed by atoms with E-state index in [1.807, 2.05) is 0 Å². The van der Waals surface area contributed by atoms with Crippen LogP contribution in [0.15, 0.2) is 91.0 Å². The average Bonchev–Trinajstić information content (AvgIpc) is 2.87. The van der Waals surface area contributed by atoms with Crippen LogP contribution in [-0.4, -0.2) is 43.6 Å². The van der Waals surface area contributed by atoms with Crippen molar-refractivity contribution in [2.45, 2.75) is 39.3 Å².